The smallest absolute Gasteiger partial charge is 0.168 e. The van der Waals surface area contributed by atoms with Crippen molar-refractivity contribution in [1.29, 1.82) is 0 Å². The summed E-state index contributed by atoms with van der Waals surface area (Å²) in [6, 6.07) is 0. The van der Waals surface area contributed by atoms with Gasteiger partial charge in [0.2, 0.25) is 0 Å². The van der Waals surface area contributed by atoms with E-state index in [0.717, 1.165) is 4.24 Å². The van der Waals surface area contributed by atoms with Gasteiger partial charge in [-0.05, 0) is 34.6 Å². The van der Waals surface area contributed by atoms with Crippen LogP contribution in [0.15, 0.2) is 9.81 Å². The number of Topliss-reactive ketones (excluding diaryl/α,β-unsaturated/α-hetero) is 2. The average Bonchev–Trinajstić information content (AvgIpc) is 2.73. The third kappa shape index (κ3) is 3.07. The van der Waals surface area contributed by atoms with Gasteiger partial charge in [0.15, 0.2) is 11.6 Å². The Morgan fingerprint density at radius 3 is 1.68 bits per heavy atom. The van der Waals surface area contributed by atoms with E-state index in [9.17, 15) is 9.59 Å². The van der Waals surface area contributed by atoms with Gasteiger partial charge in [0.25, 0.3) is 0 Å². The number of hydrogen-bond donors (Lipinski definition) is 0. The van der Waals surface area contributed by atoms with Gasteiger partial charge in [0.1, 0.15) is 0 Å². The van der Waals surface area contributed by atoms with E-state index in [-0.39, 0.29) is 22.3 Å². The summed E-state index contributed by atoms with van der Waals surface area (Å²) < 4.78 is 0.923. The highest BCUT2D eigenvalue weighted by molar-refractivity contribution is 8.26. The summed E-state index contributed by atoms with van der Waals surface area (Å²) in [5, 5.41) is 0.537. The predicted octanol–water partition coefficient (Wildman–Crippen LogP) is 1.78. The normalized spacial score (nSPS) is 28.9. The fraction of sp³-hybridized carbons (Fsp3) is 0.692. The zero-order valence-electron chi connectivity index (χ0n) is 11.8. The SMILES string of the molecule is CN(C)C1SC(=C2C(=O)CCCC2=O)SC1N(C)C. The van der Waals surface area contributed by atoms with E-state index < -0.39 is 0 Å². The number of carbonyl (C=O) groups is 2. The fourth-order valence-corrected chi connectivity index (χ4v) is 5.66. The van der Waals surface area contributed by atoms with Crippen LogP contribution in [0.2, 0.25) is 0 Å². The second-order valence-electron chi connectivity index (χ2n) is 5.31. The molecule has 1 saturated heterocycles. The quantitative estimate of drug-likeness (QED) is 0.572. The van der Waals surface area contributed by atoms with Crippen LogP contribution in [0.25, 0.3) is 0 Å². The van der Waals surface area contributed by atoms with Crippen LogP contribution in [0.1, 0.15) is 19.3 Å². The van der Waals surface area contributed by atoms with E-state index in [1.165, 1.54) is 0 Å². The number of ketones is 2. The Hall–Kier alpha value is -0.300. The molecular formula is C13H20N2O2S2. The van der Waals surface area contributed by atoms with Crippen molar-refractivity contribution >= 4 is 35.1 Å². The summed E-state index contributed by atoms with van der Waals surface area (Å²) in [5.74, 6) is 0.0614. The molecule has 0 aromatic heterocycles. The summed E-state index contributed by atoms with van der Waals surface area (Å²) in [7, 11) is 8.14. The molecule has 2 rings (SSSR count). The number of nitrogens with zero attached hydrogens (tertiary/aromatic N) is 2. The van der Waals surface area contributed by atoms with Gasteiger partial charge in [-0.15, -0.1) is 0 Å². The lowest BCUT2D eigenvalue weighted by atomic mass is 9.94. The molecule has 4 nitrogen and oxygen atoms in total. The van der Waals surface area contributed by atoms with Gasteiger partial charge in [-0.2, -0.15) is 0 Å². The molecule has 0 N–H and O–H groups in total. The highest BCUT2D eigenvalue weighted by Crippen LogP contribution is 2.50. The molecule has 1 heterocycles. The van der Waals surface area contributed by atoms with Gasteiger partial charge >= 0.3 is 0 Å². The van der Waals surface area contributed by atoms with Gasteiger partial charge in [-0.25, -0.2) is 0 Å². The lowest BCUT2D eigenvalue weighted by Crippen LogP contribution is -2.39. The Kier molecular flexibility index (Phi) is 4.76. The maximum absolute atomic E-state index is 12.0. The Bertz CT molecular complexity index is 396. The summed E-state index contributed by atoms with van der Waals surface area (Å²) in [5.41, 5.74) is 0.470. The average molecular weight is 300 g/mol. The summed E-state index contributed by atoms with van der Waals surface area (Å²) >= 11 is 3.31. The van der Waals surface area contributed by atoms with E-state index in [1.807, 2.05) is 28.2 Å². The number of likely N-dealkylation sites (N-methyl/N-ethyl adjacent to an activating group) is 2. The van der Waals surface area contributed by atoms with E-state index in [0.29, 0.717) is 24.8 Å². The number of rotatable bonds is 2. The lowest BCUT2D eigenvalue weighted by molar-refractivity contribution is -0.123. The molecule has 0 spiro atoms. The monoisotopic (exact) mass is 300 g/mol. The highest BCUT2D eigenvalue weighted by atomic mass is 32.2. The first kappa shape index (κ1) is 15.1. The molecule has 2 fully saturated rings. The summed E-state index contributed by atoms with van der Waals surface area (Å²) in [4.78, 5) is 28.3. The van der Waals surface area contributed by atoms with Crippen LogP contribution < -0.4 is 0 Å². The standard InChI is InChI=1S/C13H20N2O2S2/c1-14(2)11-12(15(3)4)19-13(18-11)10-8(16)6-5-7-9(10)17/h11-12H,5-7H2,1-4H3. The van der Waals surface area contributed by atoms with Gasteiger partial charge in [0, 0.05) is 12.8 Å². The van der Waals surface area contributed by atoms with Crippen molar-refractivity contribution < 1.29 is 9.59 Å². The van der Waals surface area contributed by atoms with Crippen molar-refractivity contribution in [1.82, 2.24) is 9.80 Å². The molecule has 0 bridgehead atoms. The number of hydrogen-bond acceptors (Lipinski definition) is 6. The second-order valence-corrected chi connectivity index (χ2v) is 7.82. The van der Waals surface area contributed by atoms with Crippen molar-refractivity contribution in [2.24, 2.45) is 0 Å². The van der Waals surface area contributed by atoms with Crippen molar-refractivity contribution in [2.45, 2.75) is 30.0 Å². The van der Waals surface area contributed by atoms with E-state index in [2.05, 4.69) is 9.80 Å². The molecule has 2 atom stereocenters. The van der Waals surface area contributed by atoms with Crippen LogP contribution in [0.5, 0.6) is 0 Å². The van der Waals surface area contributed by atoms with Crippen LogP contribution >= 0.6 is 23.5 Å². The fourth-order valence-electron chi connectivity index (χ4n) is 2.24. The van der Waals surface area contributed by atoms with Crippen LogP contribution in [0.4, 0.5) is 0 Å². The molecular weight excluding hydrogens is 280 g/mol. The number of allylic oxidation sites excluding steroid dienone is 1. The van der Waals surface area contributed by atoms with Gasteiger partial charge < -0.3 is 0 Å². The number of thioether (sulfide) groups is 2. The minimum absolute atomic E-state index is 0.0307. The molecule has 2 aliphatic rings. The number of carbonyl (C=O) groups excluding carboxylic acids is 2. The first-order chi connectivity index (χ1) is 8.91. The molecule has 106 valence electrons. The third-order valence-electron chi connectivity index (χ3n) is 3.29. The molecule has 6 heteroatoms. The van der Waals surface area contributed by atoms with Crippen molar-refractivity contribution in [3.05, 3.63) is 9.81 Å². The molecule has 1 aliphatic carbocycles. The summed E-state index contributed by atoms with van der Waals surface area (Å²) in [6.07, 6.45) is 1.74. The Morgan fingerprint density at radius 2 is 1.32 bits per heavy atom. The topological polar surface area (TPSA) is 40.6 Å². The Morgan fingerprint density at radius 1 is 0.895 bits per heavy atom. The maximum Gasteiger partial charge on any atom is 0.168 e. The lowest BCUT2D eigenvalue weighted by Gasteiger charge is -2.28. The van der Waals surface area contributed by atoms with E-state index in [1.54, 1.807) is 23.5 Å². The zero-order valence-corrected chi connectivity index (χ0v) is 13.4. The van der Waals surface area contributed by atoms with E-state index >= 15 is 0 Å². The molecule has 19 heavy (non-hydrogen) atoms. The Labute approximate surface area is 123 Å². The van der Waals surface area contributed by atoms with E-state index in [4.69, 9.17) is 0 Å². The minimum atomic E-state index is 0.0307. The van der Waals surface area contributed by atoms with Crippen LogP contribution in [-0.4, -0.2) is 60.3 Å². The highest BCUT2D eigenvalue weighted by Gasteiger charge is 2.39. The minimum Gasteiger partial charge on any atom is -0.295 e. The molecule has 0 aromatic carbocycles. The first-order valence-corrected chi connectivity index (χ1v) is 8.14. The van der Waals surface area contributed by atoms with Crippen molar-refractivity contribution in [3.63, 3.8) is 0 Å². The van der Waals surface area contributed by atoms with Gasteiger partial charge in [-0.1, -0.05) is 23.5 Å². The third-order valence-corrected chi connectivity index (χ3v) is 6.71. The summed E-state index contributed by atoms with van der Waals surface area (Å²) in [6.45, 7) is 0. The Balaban J connectivity index is 2.31. The molecule has 0 aromatic rings. The molecule has 1 saturated carbocycles. The van der Waals surface area contributed by atoms with Crippen LogP contribution in [-0.2, 0) is 9.59 Å². The molecule has 2 unspecified atom stereocenters. The second kappa shape index (κ2) is 5.99. The maximum atomic E-state index is 12.0. The van der Waals surface area contributed by atoms with Gasteiger partial charge in [-0.3, -0.25) is 19.4 Å². The molecule has 0 radical (unpaired) electrons. The van der Waals surface area contributed by atoms with Crippen molar-refractivity contribution in [3.8, 4) is 0 Å². The van der Waals surface area contributed by atoms with Crippen LogP contribution in [0.3, 0.4) is 0 Å². The largest absolute Gasteiger partial charge is 0.295 e. The molecule has 0 amide bonds. The zero-order chi connectivity index (χ0) is 14.2. The predicted molar refractivity (Wildman–Crippen MR) is 81.0 cm³/mol. The molecule has 1 aliphatic heterocycles. The van der Waals surface area contributed by atoms with Gasteiger partial charge in [0.05, 0.1) is 20.6 Å². The van der Waals surface area contributed by atoms with Crippen LogP contribution in [0, 0.1) is 0 Å². The first-order valence-electron chi connectivity index (χ1n) is 6.38. The van der Waals surface area contributed by atoms with Crippen molar-refractivity contribution in [2.75, 3.05) is 28.2 Å².